The smallest absolute Gasteiger partial charge is 0.290 e. The maximum atomic E-state index is 12.0. The fraction of sp³-hybridized carbons (Fsp3) is 0.500. The van der Waals surface area contributed by atoms with E-state index in [1.54, 1.807) is 11.0 Å². The SMILES string of the molecule is Cl.NC1CCCN(C(=O)c2occc2Br)C1. The summed E-state index contributed by atoms with van der Waals surface area (Å²) in [5.41, 5.74) is 5.82. The monoisotopic (exact) mass is 308 g/mol. The number of rotatable bonds is 1. The Morgan fingerprint density at radius 2 is 2.38 bits per heavy atom. The molecule has 1 atom stereocenters. The van der Waals surface area contributed by atoms with E-state index in [-0.39, 0.29) is 24.4 Å². The molecule has 0 radical (unpaired) electrons. The highest BCUT2D eigenvalue weighted by molar-refractivity contribution is 9.10. The molecule has 2 rings (SSSR count). The van der Waals surface area contributed by atoms with Gasteiger partial charge in [-0.2, -0.15) is 0 Å². The van der Waals surface area contributed by atoms with Crippen molar-refractivity contribution < 1.29 is 9.21 Å². The summed E-state index contributed by atoms with van der Waals surface area (Å²) < 4.78 is 5.84. The Hall–Kier alpha value is -0.520. The molecule has 0 aliphatic carbocycles. The minimum absolute atomic E-state index is 0. The average Bonchev–Trinajstić information content (AvgIpc) is 2.63. The molecule has 0 saturated carbocycles. The lowest BCUT2D eigenvalue weighted by atomic mass is 10.1. The summed E-state index contributed by atoms with van der Waals surface area (Å²) in [6.45, 7) is 1.38. The molecule has 90 valence electrons. The standard InChI is InChI=1S/C10H13BrN2O2.ClH/c11-8-3-5-15-9(8)10(14)13-4-1-2-7(12)6-13;/h3,5,7H,1-2,4,6,12H2;1H. The third kappa shape index (κ3) is 2.78. The Labute approximate surface area is 109 Å². The van der Waals surface area contributed by atoms with Crippen LogP contribution in [-0.4, -0.2) is 29.9 Å². The number of carbonyl (C=O) groups excluding carboxylic acids is 1. The van der Waals surface area contributed by atoms with Crippen molar-refractivity contribution in [1.29, 1.82) is 0 Å². The Bertz CT molecular complexity index is 369. The summed E-state index contributed by atoms with van der Waals surface area (Å²) in [6.07, 6.45) is 3.45. The van der Waals surface area contributed by atoms with Crippen molar-refractivity contribution in [3.8, 4) is 0 Å². The van der Waals surface area contributed by atoms with Crippen molar-refractivity contribution >= 4 is 34.2 Å². The van der Waals surface area contributed by atoms with Crippen LogP contribution in [0.15, 0.2) is 21.2 Å². The largest absolute Gasteiger partial charge is 0.458 e. The van der Waals surface area contributed by atoms with E-state index in [9.17, 15) is 4.79 Å². The summed E-state index contributed by atoms with van der Waals surface area (Å²) in [6, 6.07) is 1.81. The summed E-state index contributed by atoms with van der Waals surface area (Å²) >= 11 is 3.28. The predicted octanol–water partition coefficient (Wildman–Crippen LogP) is 2.03. The first-order valence-electron chi connectivity index (χ1n) is 4.96. The minimum Gasteiger partial charge on any atom is -0.458 e. The zero-order valence-corrected chi connectivity index (χ0v) is 11.1. The van der Waals surface area contributed by atoms with E-state index >= 15 is 0 Å². The van der Waals surface area contributed by atoms with Gasteiger partial charge in [-0.3, -0.25) is 4.79 Å². The van der Waals surface area contributed by atoms with Gasteiger partial charge in [0.05, 0.1) is 10.7 Å². The average molecular weight is 310 g/mol. The fourth-order valence-corrected chi connectivity index (χ4v) is 2.16. The maximum Gasteiger partial charge on any atom is 0.290 e. The van der Waals surface area contributed by atoms with Crippen molar-refractivity contribution in [3.05, 3.63) is 22.6 Å². The lowest BCUT2D eigenvalue weighted by molar-refractivity contribution is 0.0675. The van der Waals surface area contributed by atoms with Crippen LogP contribution >= 0.6 is 28.3 Å². The lowest BCUT2D eigenvalue weighted by Gasteiger charge is -2.30. The van der Waals surface area contributed by atoms with Crippen LogP contribution in [0.1, 0.15) is 23.4 Å². The molecule has 0 aromatic carbocycles. The Kier molecular flexibility index (Phi) is 4.83. The third-order valence-electron chi connectivity index (χ3n) is 2.56. The number of piperidine rings is 1. The van der Waals surface area contributed by atoms with Crippen molar-refractivity contribution in [2.24, 2.45) is 5.73 Å². The number of nitrogens with zero attached hydrogens (tertiary/aromatic N) is 1. The second-order valence-corrected chi connectivity index (χ2v) is 4.61. The summed E-state index contributed by atoms with van der Waals surface area (Å²) in [5, 5.41) is 0. The minimum atomic E-state index is -0.0815. The van der Waals surface area contributed by atoms with Gasteiger partial charge in [-0.25, -0.2) is 0 Å². The highest BCUT2D eigenvalue weighted by Crippen LogP contribution is 2.21. The van der Waals surface area contributed by atoms with E-state index in [0.29, 0.717) is 16.8 Å². The molecule has 4 nitrogen and oxygen atoms in total. The van der Waals surface area contributed by atoms with Crippen molar-refractivity contribution in [2.75, 3.05) is 13.1 Å². The molecule has 1 amide bonds. The number of likely N-dealkylation sites (tertiary alicyclic amines) is 1. The molecule has 16 heavy (non-hydrogen) atoms. The molecule has 1 aliphatic rings. The number of nitrogens with two attached hydrogens (primary N) is 1. The maximum absolute atomic E-state index is 12.0. The van der Waals surface area contributed by atoms with Gasteiger partial charge in [-0.1, -0.05) is 0 Å². The molecule has 0 spiro atoms. The van der Waals surface area contributed by atoms with Crippen LogP contribution in [0, 0.1) is 0 Å². The van der Waals surface area contributed by atoms with Gasteiger partial charge in [0, 0.05) is 19.1 Å². The van der Waals surface area contributed by atoms with Gasteiger partial charge in [0.1, 0.15) is 0 Å². The van der Waals surface area contributed by atoms with E-state index < -0.39 is 0 Å². The van der Waals surface area contributed by atoms with E-state index in [1.165, 1.54) is 6.26 Å². The number of carbonyl (C=O) groups is 1. The molecular weight excluding hydrogens is 295 g/mol. The first-order chi connectivity index (χ1) is 7.18. The van der Waals surface area contributed by atoms with E-state index in [1.807, 2.05) is 0 Å². The Morgan fingerprint density at radius 1 is 1.62 bits per heavy atom. The van der Waals surface area contributed by atoms with Crippen molar-refractivity contribution in [1.82, 2.24) is 4.90 Å². The van der Waals surface area contributed by atoms with Gasteiger partial charge in [0.15, 0.2) is 0 Å². The second kappa shape index (κ2) is 5.70. The van der Waals surface area contributed by atoms with Gasteiger partial charge < -0.3 is 15.1 Å². The summed E-state index contributed by atoms with van der Waals surface area (Å²) in [7, 11) is 0. The summed E-state index contributed by atoms with van der Waals surface area (Å²) in [5.74, 6) is 0.283. The number of halogens is 2. The van der Waals surface area contributed by atoms with Gasteiger partial charge in [0.2, 0.25) is 5.76 Å². The normalized spacial score (nSPS) is 20.4. The van der Waals surface area contributed by atoms with Gasteiger partial charge in [-0.05, 0) is 34.8 Å². The van der Waals surface area contributed by atoms with Gasteiger partial charge in [0.25, 0.3) is 5.91 Å². The van der Waals surface area contributed by atoms with Crippen molar-refractivity contribution in [2.45, 2.75) is 18.9 Å². The van der Waals surface area contributed by atoms with E-state index in [0.717, 1.165) is 19.4 Å². The van der Waals surface area contributed by atoms with Crippen LogP contribution in [0.3, 0.4) is 0 Å². The quantitative estimate of drug-likeness (QED) is 0.863. The first-order valence-corrected chi connectivity index (χ1v) is 5.75. The second-order valence-electron chi connectivity index (χ2n) is 3.75. The van der Waals surface area contributed by atoms with Crippen LogP contribution < -0.4 is 5.73 Å². The van der Waals surface area contributed by atoms with Crippen LogP contribution in [0.2, 0.25) is 0 Å². The number of furan rings is 1. The van der Waals surface area contributed by atoms with Gasteiger partial charge >= 0.3 is 0 Å². The van der Waals surface area contributed by atoms with Crippen LogP contribution in [-0.2, 0) is 0 Å². The zero-order chi connectivity index (χ0) is 10.8. The van der Waals surface area contributed by atoms with Crippen molar-refractivity contribution in [3.63, 3.8) is 0 Å². The van der Waals surface area contributed by atoms with Crippen LogP contribution in [0.25, 0.3) is 0 Å². The van der Waals surface area contributed by atoms with E-state index in [2.05, 4.69) is 15.9 Å². The lowest BCUT2D eigenvalue weighted by Crippen LogP contribution is -2.45. The fourth-order valence-electron chi connectivity index (χ4n) is 1.78. The number of amides is 1. The molecule has 1 aromatic heterocycles. The van der Waals surface area contributed by atoms with Crippen LogP contribution in [0.4, 0.5) is 0 Å². The zero-order valence-electron chi connectivity index (χ0n) is 8.69. The molecule has 6 heteroatoms. The Balaban J connectivity index is 0.00000128. The molecule has 1 aliphatic heterocycles. The molecule has 1 fully saturated rings. The van der Waals surface area contributed by atoms with Crippen LogP contribution in [0.5, 0.6) is 0 Å². The Morgan fingerprint density at radius 3 is 2.94 bits per heavy atom. The van der Waals surface area contributed by atoms with E-state index in [4.69, 9.17) is 10.2 Å². The third-order valence-corrected chi connectivity index (χ3v) is 3.18. The number of hydrogen-bond acceptors (Lipinski definition) is 3. The summed E-state index contributed by atoms with van der Waals surface area (Å²) in [4.78, 5) is 13.7. The highest BCUT2D eigenvalue weighted by Gasteiger charge is 2.25. The topological polar surface area (TPSA) is 59.5 Å². The van der Waals surface area contributed by atoms with Gasteiger partial charge in [-0.15, -0.1) is 12.4 Å². The molecule has 2 heterocycles. The molecule has 1 aromatic rings. The predicted molar refractivity (Wildman–Crippen MR) is 66.8 cm³/mol. The molecule has 1 unspecified atom stereocenters. The molecule has 0 bridgehead atoms. The molecular formula is C10H14BrClN2O2. The molecule has 1 saturated heterocycles. The highest BCUT2D eigenvalue weighted by atomic mass is 79.9. The first kappa shape index (κ1) is 13.5. The molecule has 2 N–H and O–H groups in total. The number of hydrogen-bond donors (Lipinski definition) is 1.